The van der Waals surface area contributed by atoms with Gasteiger partial charge in [0.1, 0.15) is 30.3 Å². The lowest BCUT2D eigenvalue weighted by molar-refractivity contribution is -0.139. The van der Waals surface area contributed by atoms with E-state index in [1.807, 2.05) is 6.07 Å². The molecule has 0 bridgehead atoms. The van der Waals surface area contributed by atoms with Crippen LogP contribution in [0.4, 0.5) is 8.78 Å². The Hall–Kier alpha value is -3.31. The number of alkyl halides is 1. The molecule has 3 rings (SSSR count). The number of carbonyl (C=O) groups is 1. The number of nitriles is 1. The molecule has 2 heterocycles. The summed E-state index contributed by atoms with van der Waals surface area (Å²) < 4.78 is 32.7. The van der Waals surface area contributed by atoms with E-state index in [1.54, 1.807) is 6.92 Å². The molecular formula is C21H17ClF2N4O2. The molecule has 0 amide bonds. The number of esters is 1. The minimum atomic E-state index is -1.36. The summed E-state index contributed by atoms with van der Waals surface area (Å²) >= 11 is 6.23. The Morgan fingerprint density at radius 3 is 2.97 bits per heavy atom. The third-order valence-electron chi connectivity index (χ3n) is 4.32. The Morgan fingerprint density at radius 2 is 2.23 bits per heavy atom. The lowest BCUT2D eigenvalue weighted by atomic mass is 9.95. The van der Waals surface area contributed by atoms with E-state index in [2.05, 4.69) is 15.3 Å². The number of carbonyl (C=O) groups excluding carboxylic acids is 1. The van der Waals surface area contributed by atoms with E-state index < -0.39 is 24.0 Å². The van der Waals surface area contributed by atoms with Crippen LogP contribution in [0.5, 0.6) is 0 Å². The molecule has 154 valence electrons. The van der Waals surface area contributed by atoms with Crippen LogP contribution in [0.25, 0.3) is 0 Å². The van der Waals surface area contributed by atoms with Gasteiger partial charge in [-0.15, -0.1) is 0 Å². The molecule has 0 saturated heterocycles. The van der Waals surface area contributed by atoms with Gasteiger partial charge < -0.3 is 10.1 Å². The van der Waals surface area contributed by atoms with Gasteiger partial charge in [0.25, 0.3) is 0 Å². The molecule has 1 N–H and O–H groups in total. The summed E-state index contributed by atoms with van der Waals surface area (Å²) in [7, 11) is 0. The van der Waals surface area contributed by atoms with Gasteiger partial charge in [0.2, 0.25) is 0 Å². The molecule has 2 unspecified atom stereocenters. The zero-order valence-corrected chi connectivity index (χ0v) is 16.7. The summed E-state index contributed by atoms with van der Waals surface area (Å²) in [6, 6.07) is 4.70. The second kappa shape index (κ2) is 9.46. The predicted octanol–water partition coefficient (Wildman–Crippen LogP) is 4.12. The number of allylic oxidation sites excluding steroid dienone is 4. The molecule has 0 radical (unpaired) electrons. The largest absolute Gasteiger partial charge is 0.461 e. The van der Waals surface area contributed by atoms with Crippen LogP contribution in [0.1, 0.15) is 24.9 Å². The minimum Gasteiger partial charge on any atom is -0.461 e. The van der Waals surface area contributed by atoms with Crippen LogP contribution in [0.2, 0.25) is 5.02 Å². The van der Waals surface area contributed by atoms with Crippen molar-refractivity contribution in [1.82, 2.24) is 5.32 Å². The maximum absolute atomic E-state index is 14.0. The first kappa shape index (κ1) is 21.4. The van der Waals surface area contributed by atoms with Crippen LogP contribution in [0.15, 0.2) is 63.4 Å². The fourth-order valence-corrected chi connectivity index (χ4v) is 3.23. The highest BCUT2D eigenvalue weighted by Gasteiger charge is 2.32. The number of nitrogens with zero attached hydrogens (tertiary/aromatic N) is 3. The second-order valence-corrected chi connectivity index (χ2v) is 6.82. The average molecular weight is 431 g/mol. The van der Waals surface area contributed by atoms with Gasteiger partial charge >= 0.3 is 5.97 Å². The van der Waals surface area contributed by atoms with Crippen LogP contribution in [0, 0.1) is 17.1 Å². The first-order valence-electron chi connectivity index (χ1n) is 9.02. The van der Waals surface area contributed by atoms with E-state index in [-0.39, 0.29) is 35.2 Å². The third kappa shape index (κ3) is 4.81. The number of halogens is 3. The highest BCUT2D eigenvalue weighted by molar-refractivity contribution is 6.31. The van der Waals surface area contributed by atoms with Gasteiger partial charge in [-0.2, -0.15) is 5.26 Å². The average Bonchev–Trinajstić information content (AvgIpc) is 2.92. The number of hydrogen-bond acceptors (Lipinski definition) is 6. The normalized spacial score (nSPS) is 20.6. The van der Waals surface area contributed by atoms with Crippen molar-refractivity contribution in [2.45, 2.75) is 25.6 Å². The van der Waals surface area contributed by atoms with Crippen molar-refractivity contribution in [1.29, 1.82) is 5.26 Å². The Morgan fingerprint density at radius 1 is 1.43 bits per heavy atom. The molecule has 9 heteroatoms. The quantitative estimate of drug-likeness (QED) is 0.562. The third-order valence-corrected chi connectivity index (χ3v) is 4.65. The van der Waals surface area contributed by atoms with Crippen LogP contribution >= 0.6 is 11.6 Å². The molecule has 2 aliphatic heterocycles. The number of benzene rings is 1. The summed E-state index contributed by atoms with van der Waals surface area (Å²) in [5.74, 6) is -0.996. The zero-order valence-electron chi connectivity index (χ0n) is 15.9. The van der Waals surface area contributed by atoms with E-state index in [1.165, 1.54) is 36.6 Å². The number of hydrogen-bond donors (Lipinski definition) is 1. The molecule has 30 heavy (non-hydrogen) atoms. The van der Waals surface area contributed by atoms with Gasteiger partial charge in [-0.05, 0) is 37.3 Å². The molecule has 0 aromatic heterocycles. The van der Waals surface area contributed by atoms with Crippen molar-refractivity contribution in [3.05, 3.63) is 69.8 Å². The number of nitrogens with one attached hydrogen (secondary N) is 1. The van der Waals surface area contributed by atoms with Crippen LogP contribution in [-0.2, 0) is 9.53 Å². The van der Waals surface area contributed by atoms with Crippen molar-refractivity contribution in [3.8, 4) is 6.07 Å². The monoisotopic (exact) mass is 430 g/mol. The summed E-state index contributed by atoms with van der Waals surface area (Å²) in [5.41, 5.74) is 1.16. The van der Waals surface area contributed by atoms with E-state index >= 15 is 0 Å². The van der Waals surface area contributed by atoms with Crippen molar-refractivity contribution < 1.29 is 18.3 Å². The first-order chi connectivity index (χ1) is 14.4. The van der Waals surface area contributed by atoms with E-state index in [4.69, 9.17) is 21.6 Å². The van der Waals surface area contributed by atoms with Crippen LogP contribution in [0.3, 0.4) is 0 Å². The van der Waals surface area contributed by atoms with Crippen LogP contribution < -0.4 is 5.32 Å². The molecule has 6 nitrogen and oxygen atoms in total. The topological polar surface area (TPSA) is 86.8 Å². The number of rotatable bonds is 5. The van der Waals surface area contributed by atoms with Gasteiger partial charge in [0.05, 0.1) is 18.1 Å². The van der Waals surface area contributed by atoms with Gasteiger partial charge in [-0.25, -0.2) is 13.6 Å². The van der Waals surface area contributed by atoms with Gasteiger partial charge in [-0.1, -0.05) is 17.7 Å². The summed E-state index contributed by atoms with van der Waals surface area (Å²) in [6.45, 7) is 1.54. The molecular weight excluding hydrogens is 414 g/mol. The molecule has 1 aromatic carbocycles. The lowest BCUT2D eigenvalue weighted by Gasteiger charge is -2.27. The van der Waals surface area contributed by atoms with Crippen molar-refractivity contribution >= 4 is 29.6 Å². The number of amidine groups is 1. The summed E-state index contributed by atoms with van der Waals surface area (Å²) in [6.07, 6.45) is 4.19. The fourth-order valence-electron chi connectivity index (χ4n) is 2.95. The van der Waals surface area contributed by atoms with Gasteiger partial charge in [0, 0.05) is 22.5 Å². The minimum absolute atomic E-state index is 0.0362. The Balaban J connectivity index is 2.05. The van der Waals surface area contributed by atoms with Crippen molar-refractivity contribution in [2.24, 2.45) is 9.98 Å². The lowest BCUT2D eigenvalue weighted by Crippen LogP contribution is -2.33. The van der Waals surface area contributed by atoms with Gasteiger partial charge in [-0.3, -0.25) is 9.98 Å². The summed E-state index contributed by atoms with van der Waals surface area (Å²) in [4.78, 5) is 21.4. The first-order valence-corrected chi connectivity index (χ1v) is 9.40. The smallest absolute Gasteiger partial charge is 0.338 e. The summed E-state index contributed by atoms with van der Waals surface area (Å²) in [5, 5.41) is 11.7. The van der Waals surface area contributed by atoms with Gasteiger partial charge in [0.15, 0.2) is 5.84 Å². The molecule has 2 aliphatic rings. The molecule has 0 aliphatic carbocycles. The Bertz CT molecular complexity index is 1050. The molecule has 1 aromatic rings. The zero-order chi connectivity index (χ0) is 21.7. The standard InChI is InChI=1S/C21H17ClF2N4O2/c1-12-18(21(29)30-9-3-7-25)19(15-6-5-14(24)10-16(15)22)28-20(27-12)17-11-13(23)4-2-8-26-17/h2,4-6,8,10-11,13,19H,3,9H2,1H3,(H,27,28). The second-order valence-electron chi connectivity index (χ2n) is 6.41. The maximum Gasteiger partial charge on any atom is 0.338 e. The Labute approximate surface area is 176 Å². The van der Waals surface area contributed by atoms with Crippen LogP contribution in [-0.4, -0.2) is 30.8 Å². The van der Waals surface area contributed by atoms with E-state index in [0.717, 1.165) is 6.07 Å². The number of ether oxygens (including phenoxy) is 1. The maximum atomic E-state index is 14.0. The molecule has 2 atom stereocenters. The molecule has 0 saturated carbocycles. The fraction of sp³-hybridized carbons (Fsp3) is 0.238. The van der Waals surface area contributed by atoms with E-state index in [9.17, 15) is 13.6 Å². The van der Waals surface area contributed by atoms with Crippen molar-refractivity contribution in [3.63, 3.8) is 0 Å². The predicted molar refractivity (Wildman–Crippen MR) is 109 cm³/mol. The number of aliphatic imine (C=N–C) groups is 2. The SMILES string of the molecule is CC1=C(C(=O)OCCC#N)C(c2ccc(F)cc2Cl)N=C(C2=CC(F)C=CC=N2)N1. The van der Waals surface area contributed by atoms with E-state index in [0.29, 0.717) is 11.3 Å². The molecule has 0 fully saturated rings. The van der Waals surface area contributed by atoms with Crippen molar-refractivity contribution in [2.75, 3.05) is 6.61 Å². The highest BCUT2D eigenvalue weighted by atomic mass is 35.5. The Kier molecular flexibility index (Phi) is 6.75. The molecule has 0 spiro atoms. The highest BCUT2D eigenvalue weighted by Crippen LogP contribution is 2.36.